The van der Waals surface area contributed by atoms with Crippen molar-refractivity contribution in [2.75, 3.05) is 0 Å². The Morgan fingerprint density at radius 3 is 2.65 bits per heavy atom. The number of carboxylic acid groups (broad SMARTS) is 1. The van der Waals surface area contributed by atoms with Crippen LogP contribution < -0.4 is 0 Å². The molecule has 4 nitrogen and oxygen atoms in total. The normalized spacial score (nSPS) is 11.0. The molecule has 0 saturated heterocycles. The average molecular weight is 231 g/mol. The number of carboxylic acids is 1. The van der Waals surface area contributed by atoms with Gasteiger partial charge >= 0.3 is 5.97 Å². The van der Waals surface area contributed by atoms with E-state index in [1.165, 1.54) is 6.20 Å². The van der Waals surface area contributed by atoms with Gasteiger partial charge in [0, 0.05) is 11.6 Å². The van der Waals surface area contributed by atoms with Crippen molar-refractivity contribution in [2.45, 2.75) is 19.8 Å². The van der Waals surface area contributed by atoms with Crippen LogP contribution >= 0.6 is 0 Å². The first kappa shape index (κ1) is 11.4. The van der Waals surface area contributed by atoms with E-state index in [2.05, 4.69) is 4.98 Å². The zero-order chi connectivity index (χ0) is 12.6. The first-order valence-corrected chi connectivity index (χ1v) is 5.35. The van der Waals surface area contributed by atoms with Crippen LogP contribution in [0.25, 0.3) is 10.9 Å². The fourth-order valence-electron chi connectivity index (χ4n) is 1.99. The average Bonchev–Trinajstić information content (AvgIpc) is 2.26. The maximum absolute atomic E-state index is 11.2. The Labute approximate surface area is 98.5 Å². The van der Waals surface area contributed by atoms with Gasteiger partial charge in [0.1, 0.15) is 5.75 Å². The summed E-state index contributed by atoms with van der Waals surface area (Å²) in [4.78, 5) is 15.2. The summed E-state index contributed by atoms with van der Waals surface area (Å²) in [5.41, 5.74) is 1.59. The van der Waals surface area contributed by atoms with E-state index in [0.29, 0.717) is 16.5 Å². The highest BCUT2D eigenvalue weighted by Crippen LogP contribution is 2.29. The van der Waals surface area contributed by atoms with Crippen LogP contribution in [0.1, 0.15) is 35.7 Å². The number of rotatable bonds is 2. The highest BCUT2D eigenvalue weighted by atomic mass is 16.4. The molecule has 0 atom stereocenters. The van der Waals surface area contributed by atoms with Gasteiger partial charge in [0.2, 0.25) is 0 Å². The predicted octanol–water partition coefficient (Wildman–Crippen LogP) is 2.76. The smallest absolute Gasteiger partial charge is 0.337 e. The molecule has 2 aromatic rings. The van der Waals surface area contributed by atoms with Gasteiger partial charge in [0.25, 0.3) is 0 Å². The van der Waals surface area contributed by atoms with Gasteiger partial charge in [-0.15, -0.1) is 0 Å². The van der Waals surface area contributed by atoms with E-state index in [9.17, 15) is 9.90 Å². The summed E-state index contributed by atoms with van der Waals surface area (Å²) < 4.78 is 0. The predicted molar refractivity (Wildman–Crippen MR) is 64.5 cm³/mol. The minimum Gasteiger partial charge on any atom is -0.508 e. The number of aromatic nitrogens is 1. The minimum atomic E-state index is -0.994. The molecule has 17 heavy (non-hydrogen) atoms. The summed E-state index contributed by atoms with van der Waals surface area (Å²) in [6.07, 6.45) is 1.37. The lowest BCUT2D eigenvalue weighted by Gasteiger charge is -2.13. The fraction of sp³-hybridized carbons (Fsp3) is 0.231. The maximum atomic E-state index is 11.2. The highest BCUT2D eigenvalue weighted by Gasteiger charge is 2.17. The van der Waals surface area contributed by atoms with Crippen molar-refractivity contribution >= 4 is 16.9 Å². The third-order valence-electron chi connectivity index (χ3n) is 2.70. The first-order valence-electron chi connectivity index (χ1n) is 5.35. The zero-order valence-corrected chi connectivity index (χ0v) is 9.64. The van der Waals surface area contributed by atoms with Crippen molar-refractivity contribution < 1.29 is 15.0 Å². The zero-order valence-electron chi connectivity index (χ0n) is 9.64. The third kappa shape index (κ3) is 1.93. The van der Waals surface area contributed by atoms with Gasteiger partial charge in [-0.2, -0.15) is 0 Å². The van der Waals surface area contributed by atoms with E-state index in [4.69, 9.17) is 5.11 Å². The molecule has 0 saturated carbocycles. The third-order valence-corrected chi connectivity index (χ3v) is 2.70. The Hall–Kier alpha value is -2.10. The number of phenols is 1. The molecule has 0 aliphatic heterocycles. The molecule has 2 rings (SSSR count). The first-order chi connectivity index (χ1) is 8.00. The molecule has 0 spiro atoms. The van der Waals surface area contributed by atoms with Gasteiger partial charge in [-0.05, 0) is 29.7 Å². The highest BCUT2D eigenvalue weighted by molar-refractivity contribution is 5.96. The maximum Gasteiger partial charge on any atom is 0.337 e. The molecule has 0 bridgehead atoms. The van der Waals surface area contributed by atoms with Crippen LogP contribution in [-0.2, 0) is 0 Å². The largest absolute Gasteiger partial charge is 0.508 e. The van der Waals surface area contributed by atoms with Crippen LogP contribution in [0.2, 0.25) is 0 Å². The van der Waals surface area contributed by atoms with Gasteiger partial charge < -0.3 is 10.2 Å². The van der Waals surface area contributed by atoms with Gasteiger partial charge in [-0.1, -0.05) is 13.8 Å². The van der Waals surface area contributed by atoms with Crippen LogP contribution in [0.3, 0.4) is 0 Å². The number of aromatic carboxylic acids is 1. The molecule has 0 amide bonds. The Morgan fingerprint density at radius 1 is 1.35 bits per heavy atom. The molecule has 0 unspecified atom stereocenters. The number of phenolic OH excluding ortho intramolecular Hbond substituents is 1. The lowest BCUT2D eigenvalue weighted by molar-refractivity contribution is 0.0695. The topological polar surface area (TPSA) is 70.4 Å². The van der Waals surface area contributed by atoms with Crippen LogP contribution in [0.15, 0.2) is 24.4 Å². The molecule has 88 valence electrons. The lowest BCUT2D eigenvalue weighted by Crippen LogP contribution is -2.05. The lowest BCUT2D eigenvalue weighted by atomic mass is 9.94. The van der Waals surface area contributed by atoms with Crippen LogP contribution in [0.5, 0.6) is 5.75 Å². The molecule has 1 heterocycles. The van der Waals surface area contributed by atoms with E-state index in [0.717, 1.165) is 0 Å². The number of nitrogens with zero attached hydrogens (tertiary/aromatic N) is 1. The molecule has 0 radical (unpaired) electrons. The molecule has 1 aromatic carbocycles. The fourth-order valence-corrected chi connectivity index (χ4v) is 1.99. The number of hydrogen-bond donors (Lipinski definition) is 2. The molecule has 0 aliphatic carbocycles. The van der Waals surface area contributed by atoms with E-state index < -0.39 is 5.97 Å². The van der Waals surface area contributed by atoms with Crippen molar-refractivity contribution in [3.63, 3.8) is 0 Å². The Morgan fingerprint density at radius 2 is 2.06 bits per heavy atom. The van der Waals surface area contributed by atoms with Crippen molar-refractivity contribution in [2.24, 2.45) is 0 Å². The van der Waals surface area contributed by atoms with Gasteiger partial charge in [-0.3, -0.25) is 4.98 Å². The molecule has 4 heteroatoms. The summed E-state index contributed by atoms with van der Waals surface area (Å²) in [5, 5.41) is 19.3. The Bertz CT molecular complexity index is 590. The van der Waals surface area contributed by atoms with Crippen LogP contribution in [0.4, 0.5) is 0 Å². The number of fused-ring (bicyclic) bond motifs is 1. The van der Waals surface area contributed by atoms with E-state index in [-0.39, 0.29) is 17.2 Å². The molecular weight excluding hydrogens is 218 g/mol. The molecular formula is C13H13NO3. The van der Waals surface area contributed by atoms with Crippen molar-refractivity contribution in [1.29, 1.82) is 0 Å². The number of carbonyl (C=O) groups is 1. The second kappa shape index (κ2) is 4.05. The van der Waals surface area contributed by atoms with Gasteiger partial charge in [0.15, 0.2) is 0 Å². The Balaban J connectivity index is 2.87. The number of pyridine rings is 1. The quantitative estimate of drug-likeness (QED) is 0.833. The second-order valence-corrected chi connectivity index (χ2v) is 4.25. The summed E-state index contributed by atoms with van der Waals surface area (Å²) >= 11 is 0. The van der Waals surface area contributed by atoms with E-state index >= 15 is 0 Å². The molecule has 2 N–H and O–H groups in total. The van der Waals surface area contributed by atoms with Gasteiger partial charge in [-0.25, -0.2) is 4.79 Å². The SMILES string of the molecule is CC(C)c1c(C(=O)O)cnc2ccc(O)cc12. The summed E-state index contributed by atoms with van der Waals surface area (Å²) in [5.74, 6) is -0.830. The summed E-state index contributed by atoms with van der Waals surface area (Å²) in [7, 11) is 0. The monoisotopic (exact) mass is 231 g/mol. The molecule has 0 aliphatic rings. The second-order valence-electron chi connectivity index (χ2n) is 4.25. The summed E-state index contributed by atoms with van der Waals surface area (Å²) in [6.45, 7) is 3.84. The minimum absolute atomic E-state index is 0.0494. The number of hydrogen-bond acceptors (Lipinski definition) is 3. The van der Waals surface area contributed by atoms with Crippen molar-refractivity contribution in [3.05, 3.63) is 35.5 Å². The molecule has 1 aromatic heterocycles. The van der Waals surface area contributed by atoms with Crippen LogP contribution in [0, 0.1) is 0 Å². The Kier molecular flexibility index (Phi) is 2.71. The summed E-state index contributed by atoms with van der Waals surface area (Å²) in [6, 6.07) is 4.78. The van der Waals surface area contributed by atoms with Crippen molar-refractivity contribution in [3.8, 4) is 5.75 Å². The van der Waals surface area contributed by atoms with Crippen LogP contribution in [-0.4, -0.2) is 21.2 Å². The van der Waals surface area contributed by atoms with Gasteiger partial charge in [0.05, 0.1) is 11.1 Å². The molecule has 0 fully saturated rings. The number of benzene rings is 1. The number of aromatic hydroxyl groups is 1. The standard InChI is InChI=1S/C13H13NO3/c1-7(2)12-9-5-8(15)3-4-11(9)14-6-10(12)13(16)17/h3-7,15H,1-2H3,(H,16,17). The van der Waals surface area contributed by atoms with Crippen molar-refractivity contribution in [1.82, 2.24) is 4.98 Å². The van der Waals surface area contributed by atoms with E-state index in [1.807, 2.05) is 13.8 Å². The van der Waals surface area contributed by atoms with E-state index in [1.54, 1.807) is 18.2 Å².